The van der Waals surface area contributed by atoms with E-state index in [1.807, 2.05) is 44.3 Å². The summed E-state index contributed by atoms with van der Waals surface area (Å²) in [7, 11) is 3.46. The van der Waals surface area contributed by atoms with Crippen LogP contribution in [0.25, 0.3) is 11.3 Å². The Kier molecular flexibility index (Phi) is 4.53. The molecule has 0 atom stereocenters. The van der Waals surface area contributed by atoms with E-state index in [4.69, 9.17) is 4.74 Å². The second-order valence-electron chi connectivity index (χ2n) is 4.43. The van der Waals surface area contributed by atoms with Crippen molar-refractivity contribution in [1.29, 1.82) is 0 Å². The lowest BCUT2D eigenvalue weighted by molar-refractivity contribution is 0.415. The van der Waals surface area contributed by atoms with Gasteiger partial charge in [0, 0.05) is 24.2 Å². The second kappa shape index (κ2) is 6.34. The van der Waals surface area contributed by atoms with E-state index < -0.39 is 0 Å². The molecule has 0 aliphatic rings. The first-order valence-corrected chi connectivity index (χ1v) is 6.59. The van der Waals surface area contributed by atoms with Crippen LogP contribution in [0.2, 0.25) is 0 Å². The van der Waals surface area contributed by atoms with Crippen LogP contribution >= 0.6 is 0 Å². The number of methoxy groups -OCH3 is 1. The Morgan fingerprint density at radius 1 is 1.30 bits per heavy atom. The van der Waals surface area contributed by atoms with Gasteiger partial charge in [-0.3, -0.25) is 4.79 Å². The van der Waals surface area contributed by atoms with Gasteiger partial charge in [-0.1, -0.05) is 0 Å². The standard InChI is InChI=1S/C15H19N3O2/c1-4-18-15(19)12(10-16-2)9-14(17-18)11-5-7-13(20-3)8-6-11/h5-9,16H,4,10H2,1-3H3. The number of benzene rings is 1. The molecule has 1 aromatic carbocycles. The molecule has 0 saturated heterocycles. The Morgan fingerprint density at radius 3 is 2.55 bits per heavy atom. The number of hydrogen-bond donors (Lipinski definition) is 1. The SMILES string of the molecule is CCn1nc(-c2ccc(OC)cc2)cc(CNC)c1=O. The van der Waals surface area contributed by atoms with E-state index >= 15 is 0 Å². The molecule has 2 aromatic rings. The molecule has 0 unspecified atom stereocenters. The lowest BCUT2D eigenvalue weighted by Gasteiger charge is -2.09. The van der Waals surface area contributed by atoms with Gasteiger partial charge in [-0.05, 0) is 44.3 Å². The van der Waals surface area contributed by atoms with Crippen LogP contribution in [0, 0.1) is 0 Å². The van der Waals surface area contributed by atoms with Gasteiger partial charge in [0.15, 0.2) is 0 Å². The van der Waals surface area contributed by atoms with Crippen molar-refractivity contribution in [2.24, 2.45) is 0 Å². The van der Waals surface area contributed by atoms with Gasteiger partial charge in [-0.25, -0.2) is 4.68 Å². The summed E-state index contributed by atoms with van der Waals surface area (Å²) in [4.78, 5) is 12.1. The number of aromatic nitrogens is 2. The van der Waals surface area contributed by atoms with Gasteiger partial charge < -0.3 is 10.1 Å². The normalized spacial score (nSPS) is 10.6. The Bertz CT molecular complexity index is 633. The van der Waals surface area contributed by atoms with Gasteiger partial charge in [-0.2, -0.15) is 5.10 Å². The van der Waals surface area contributed by atoms with E-state index in [2.05, 4.69) is 10.4 Å². The van der Waals surface area contributed by atoms with Crippen LogP contribution in [0.5, 0.6) is 5.75 Å². The molecule has 0 aliphatic carbocycles. The van der Waals surface area contributed by atoms with Crippen molar-refractivity contribution in [3.63, 3.8) is 0 Å². The Hall–Kier alpha value is -2.14. The first-order valence-electron chi connectivity index (χ1n) is 6.59. The van der Waals surface area contributed by atoms with Crippen LogP contribution < -0.4 is 15.6 Å². The zero-order valence-corrected chi connectivity index (χ0v) is 12.0. The number of ether oxygens (including phenoxy) is 1. The molecule has 5 nitrogen and oxygen atoms in total. The van der Waals surface area contributed by atoms with Crippen molar-refractivity contribution >= 4 is 0 Å². The molecule has 5 heteroatoms. The first kappa shape index (κ1) is 14.3. The zero-order valence-electron chi connectivity index (χ0n) is 12.0. The third kappa shape index (κ3) is 2.88. The first-order chi connectivity index (χ1) is 9.69. The summed E-state index contributed by atoms with van der Waals surface area (Å²) < 4.78 is 6.64. The number of nitrogens with one attached hydrogen (secondary N) is 1. The summed E-state index contributed by atoms with van der Waals surface area (Å²) in [5, 5.41) is 7.41. The average molecular weight is 273 g/mol. The summed E-state index contributed by atoms with van der Waals surface area (Å²) in [5.41, 5.74) is 2.43. The molecular weight excluding hydrogens is 254 g/mol. The summed E-state index contributed by atoms with van der Waals surface area (Å²) in [6.45, 7) is 3.00. The fourth-order valence-corrected chi connectivity index (χ4v) is 2.03. The monoisotopic (exact) mass is 273 g/mol. The predicted octanol–water partition coefficient (Wildman–Crippen LogP) is 1.66. The number of rotatable bonds is 5. The van der Waals surface area contributed by atoms with Crippen molar-refractivity contribution in [2.75, 3.05) is 14.2 Å². The summed E-state index contributed by atoms with van der Waals surface area (Å²) in [6, 6.07) is 9.49. The minimum atomic E-state index is -0.0425. The fourth-order valence-electron chi connectivity index (χ4n) is 2.03. The van der Waals surface area contributed by atoms with Crippen LogP contribution in [0.1, 0.15) is 12.5 Å². The molecule has 0 fully saturated rings. The molecule has 1 aromatic heterocycles. The maximum atomic E-state index is 12.1. The van der Waals surface area contributed by atoms with Gasteiger partial charge in [0.1, 0.15) is 5.75 Å². The molecule has 0 bridgehead atoms. The minimum Gasteiger partial charge on any atom is -0.497 e. The van der Waals surface area contributed by atoms with Crippen molar-refractivity contribution in [3.05, 3.63) is 46.2 Å². The zero-order chi connectivity index (χ0) is 14.5. The summed E-state index contributed by atoms with van der Waals surface area (Å²) in [6.07, 6.45) is 0. The molecule has 0 aliphatic heterocycles. The number of nitrogens with zero attached hydrogens (tertiary/aromatic N) is 2. The molecule has 0 saturated carbocycles. The predicted molar refractivity (Wildman–Crippen MR) is 78.9 cm³/mol. The van der Waals surface area contributed by atoms with Crippen molar-refractivity contribution in [3.8, 4) is 17.0 Å². The molecule has 0 radical (unpaired) electrons. The van der Waals surface area contributed by atoms with Crippen LogP contribution in [0.4, 0.5) is 0 Å². The van der Waals surface area contributed by atoms with E-state index in [0.717, 1.165) is 22.6 Å². The van der Waals surface area contributed by atoms with Gasteiger partial charge in [0.05, 0.1) is 12.8 Å². The van der Waals surface area contributed by atoms with Gasteiger partial charge in [0.2, 0.25) is 0 Å². The smallest absolute Gasteiger partial charge is 0.271 e. The highest BCUT2D eigenvalue weighted by atomic mass is 16.5. The molecule has 20 heavy (non-hydrogen) atoms. The van der Waals surface area contributed by atoms with Gasteiger partial charge in [-0.15, -0.1) is 0 Å². The summed E-state index contributed by atoms with van der Waals surface area (Å²) in [5.74, 6) is 0.799. The maximum absolute atomic E-state index is 12.1. The van der Waals surface area contributed by atoms with E-state index in [9.17, 15) is 4.79 Å². The molecule has 0 spiro atoms. The lowest BCUT2D eigenvalue weighted by atomic mass is 10.1. The Morgan fingerprint density at radius 2 is 2.00 bits per heavy atom. The topological polar surface area (TPSA) is 56.1 Å². The third-order valence-electron chi connectivity index (χ3n) is 3.10. The largest absolute Gasteiger partial charge is 0.497 e. The molecule has 106 valence electrons. The summed E-state index contributed by atoms with van der Waals surface area (Å²) >= 11 is 0. The van der Waals surface area contributed by atoms with E-state index in [1.54, 1.807) is 7.11 Å². The molecule has 0 amide bonds. The highest BCUT2D eigenvalue weighted by Gasteiger charge is 2.08. The molecule has 1 N–H and O–H groups in total. The maximum Gasteiger partial charge on any atom is 0.271 e. The molecule has 1 heterocycles. The van der Waals surface area contributed by atoms with Gasteiger partial charge in [0.25, 0.3) is 5.56 Å². The van der Waals surface area contributed by atoms with Crippen LogP contribution in [0.3, 0.4) is 0 Å². The molecule has 2 rings (SSSR count). The number of aryl methyl sites for hydroxylation is 1. The Labute approximate surface area is 118 Å². The lowest BCUT2D eigenvalue weighted by Crippen LogP contribution is -2.28. The Balaban J connectivity index is 2.49. The second-order valence-corrected chi connectivity index (χ2v) is 4.43. The molecular formula is C15H19N3O2. The average Bonchev–Trinajstić information content (AvgIpc) is 2.49. The van der Waals surface area contributed by atoms with Gasteiger partial charge >= 0.3 is 0 Å². The van der Waals surface area contributed by atoms with Crippen molar-refractivity contribution in [2.45, 2.75) is 20.0 Å². The van der Waals surface area contributed by atoms with E-state index in [0.29, 0.717) is 13.1 Å². The van der Waals surface area contributed by atoms with E-state index in [1.165, 1.54) is 4.68 Å². The fraction of sp³-hybridized carbons (Fsp3) is 0.333. The van der Waals surface area contributed by atoms with Crippen LogP contribution in [-0.2, 0) is 13.1 Å². The van der Waals surface area contributed by atoms with Crippen LogP contribution in [0.15, 0.2) is 35.1 Å². The highest BCUT2D eigenvalue weighted by Crippen LogP contribution is 2.20. The highest BCUT2D eigenvalue weighted by molar-refractivity contribution is 5.60. The van der Waals surface area contributed by atoms with Crippen molar-refractivity contribution < 1.29 is 4.74 Å². The number of hydrogen-bond acceptors (Lipinski definition) is 4. The quantitative estimate of drug-likeness (QED) is 0.900. The van der Waals surface area contributed by atoms with E-state index in [-0.39, 0.29) is 5.56 Å². The van der Waals surface area contributed by atoms with Crippen LogP contribution in [-0.4, -0.2) is 23.9 Å². The third-order valence-corrected chi connectivity index (χ3v) is 3.10. The minimum absolute atomic E-state index is 0.0425. The van der Waals surface area contributed by atoms with Crippen molar-refractivity contribution in [1.82, 2.24) is 15.1 Å².